The summed E-state index contributed by atoms with van der Waals surface area (Å²) in [5, 5.41) is 7.84. The Morgan fingerprint density at radius 3 is 3.04 bits per heavy atom. The average molecular weight is 320 g/mol. The zero-order chi connectivity index (χ0) is 16.4. The van der Waals surface area contributed by atoms with Gasteiger partial charge in [0.15, 0.2) is 5.82 Å². The number of aromatic nitrogens is 5. The van der Waals surface area contributed by atoms with E-state index in [1.807, 2.05) is 48.6 Å². The fourth-order valence-electron chi connectivity index (χ4n) is 3.20. The molecule has 0 spiro atoms. The van der Waals surface area contributed by atoms with Gasteiger partial charge in [-0.25, -0.2) is 9.97 Å². The first kappa shape index (κ1) is 15.0. The molecule has 1 aliphatic carbocycles. The van der Waals surface area contributed by atoms with Crippen LogP contribution in [0.3, 0.4) is 0 Å². The molecule has 3 aromatic heterocycles. The van der Waals surface area contributed by atoms with E-state index < -0.39 is 0 Å². The van der Waals surface area contributed by atoms with Crippen LogP contribution in [-0.4, -0.2) is 24.7 Å². The van der Waals surface area contributed by atoms with Crippen molar-refractivity contribution in [3.8, 4) is 11.4 Å². The lowest BCUT2D eigenvalue weighted by atomic mass is 9.92. The van der Waals surface area contributed by atoms with Crippen molar-refractivity contribution in [3.05, 3.63) is 59.9 Å². The molecule has 6 nitrogen and oxygen atoms in total. The van der Waals surface area contributed by atoms with Crippen molar-refractivity contribution < 1.29 is 0 Å². The summed E-state index contributed by atoms with van der Waals surface area (Å²) in [7, 11) is 1.94. The Labute approximate surface area is 141 Å². The first-order valence-corrected chi connectivity index (χ1v) is 8.27. The van der Waals surface area contributed by atoms with E-state index in [0.717, 1.165) is 42.9 Å². The van der Waals surface area contributed by atoms with Crippen molar-refractivity contribution in [2.24, 2.45) is 7.05 Å². The Morgan fingerprint density at radius 2 is 2.25 bits per heavy atom. The van der Waals surface area contributed by atoms with Crippen LogP contribution in [0.1, 0.15) is 35.7 Å². The maximum Gasteiger partial charge on any atom is 0.160 e. The molecule has 4 rings (SSSR count). The molecule has 0 aliphatic heterocycles. The molecule has 0 saturated heterocycles. The quantitative estimate of drug-likeness (QED) is 0.799. The molecule has 24 heavy (non-hydrogen) atoms. The summed E-state index contributed by atoms with van der Waals surface area (Å²) < 4.78 is 1.83. The number of fused-ring (bicyclic) bond motifs is 1. The van der Waals surface area contributed by atoms with Crippen molar-refractivity contribution in [2.75, 3.05) is 0 Å². The van der Waals surface area contributed by atoms with Gasteiger partial charge in [0.05, 0.1) is 6.20 Å². The van der Waals surface area contributed by atoms with Crippen LogP contribution in [0.4, 0.5) is 0 Å². The van der Waals surface area contributed by atoms with Crippen molar-refractivity contribution >= 4 is 0 Å². The van der Waals surface area contributed by atoms with Crippen LogP contribution in [0.15, 0.2) is 43.1 Å². The van der Waals surface area contributed by atoms with E-state index in [0.29, 0.717) is 6.04 Å². The third-order valence-corrected chi connectivity index (χ3v) is 4.41. The second-order valence-corrected chi connectivity index (χ2v) is 6.19. The van der Waals surface area contributed by atoms with Crippen molar-refractivity contribution in [1.29, 1.82) is 0 Å². The van der Waals surface area contributed by atoms with Crippen LogP contribution in [0.25, 0.3) is 11.4 Å². The normalized spacial score (nSPS) is 16.8. The second-order valence-electron chi connectivity index (χ2n) is 6.19. The van der Waals surface area contributed by atoms with Crippen molar-refractivity contribution in [3.63, 3.8) is 0 Å². The van der Waals surface area contributed by atoms with Gasteiger partial charge in [-0.15, -0.1) is 0 Å². The van der Waals surface area contributed by atoms with Gasteiger partial charge in [-0.3, -0.25) is 9.67 Å². The van der Waals surface area contributed by atoms with Gasteiger partial charge < -0.3 is 5.32 Å². The SMILES string of the molecule is Cn1cc(CN[C@@H]2CCCc3nc(-c4cccnc4)ncc32)cn1. The van der Waals surface area contributed by atoms with Crippen LogP contribution >= 0.6 is 0 Å². The molecule has 0 unspecified atom stereocenters. The van der Waals surface area contributed by atoms with Crippen LogP contribution in [0, 0.1) is 0 Å². The molecule has 0 amide bonds. The Balaban J connectivity index is 1.54. The minimum absolute atomic E-state index is 0.303. The lowest BCUT2D eigenvalue weighted by Crippen LogP contribution is -2.25. The van der Waals surface area contributed by atoms with E-state index in [2.05, 4.69) is 20.4 Å². The molecular weight excluding hydrogens is 300 g/mol. The molecule has 0 radical (unpaired) electrons. The van der Waals surface area contributed by atoms with Crippen molar-refractivity contribution in [2.45, 2.75) is 31.8 Å². The van der Waals surface area contributed by atoms with Gasteiger partial charge in [-0.2, -0.15) is 5.10 Å². The Morgan fingerprint density at radius 1 is 1.29 bits per heavy atom. The molecule has 1 atom stereocenters. The van der Waals surface area contributed by atoms with E-state index >= 15 is 0 Å². The van der Waals surface area contributed by atoms with Gasteiger partial charge in [0.2, 0.25) is 0 Å². The van der Waals surface area contributed by atoms with Crippen LogP contribution in [0.2, 0.25) is 0 Å². The zero-order valence-electron chi connectivity index (χ0n) is 13.7. The van der Waals surface area contributed by atoms with Gasteiger partial charge in [0.1, 0.15) is 0 Å². The number of hydrogen-bond donors (Lipinski definition) is 1. The highest BCUT2D eigenvalue weighted by Gasteiger charge is 2.22. The first-order valence-electron chi connectivity index (χ1n) is 8.27. The molecule has 6 heteroatoms. The summed E-state index contributed by atoms with van der Waals surface area (Å²) in [6.45, 7) is 0.808. The highest BCUT2D eigenvalue weighted by Crippen LogP contribution is 2.29. The van der Waals surface area contributed by atoms with Crippen LogP contribution in [0.5, 0.6) is 0 Å². The molecule has 1 aliphatic rings. The van der Waals surface area contributed by atoms with E-state index in [4.69, 9.17) is 4.98 Å². The lowest BCUT2D eigenvalue weighted by molar-refractivity contribution is 0.452. The summed E-state index contributed by atoms with van der Waals surface area (Å²) >= 11 is 0. The molecule has 3 heterocycles. The second kappa shape index (κ2) is 6.49. The number of rotatable bonds is 4. The van der Waals surface area contributed by atoms with Gasteiger partial charge in [0, 0.05) is 66.8 Å². The maximum absolute atomic E-state index is 4.79. The number of hydrogen-bond acceptors (Lipinski definition) is 5. The Hall–Kier alpha value is -2.60. The van der Waals surface area contributed by atoms with Gasteiger partial charge in [-0.05, 0) is 31.4 Å². The Bertz CT molecular complexity index is 827. The topological polar surface area (TPSA) is 68.5 Å². The monoisotopic (exact) mass is 320 g/mol. The van der Waals surface area contributed by atoms with Gasteiger partial charge in [-0.1, -0.05) is 0 Å². The molecule has 0 aromatic carbocycles. The van der Waals surface area contributed by atoms with E-state index in [1.54, 1.807) is 6.20 Å². The standard InChI is InChI=1S/C18H20N6/c1-24-12-13(9-22-24)8-20-16-5-2-6-17-15(16)11-21-18(23-17)14-4-3-7-19-10-14/h3-4,7,9-12,16,20H,2,5-6,8H2,1H3/t16-/m1/s1. The van der Waals surface area contributed by atoms with Gasteiger partial charge >= 0.3 is 0 Å². The smallest absolute Gasteiger partial charge is 0.160 e. The summed E-state index contributed by atoms with van der Waals surface area (Å²) in [6.07, 6.45) is 12.8. The predicted molar refractivity (Wildman–Crippen MR) is 91.0 cm³/mol. The predicted octanol–water partition coefficient (Wildman–Crippen LogP) is 2.44. The number of nitrogens with zero attached hydrogens (tertiary/aromatic N) is 5. The molecular formula is C18H20N6. The number of pyridine rings is 1. The lowest BCUT2D eigenvalue weighted by Gasteiger charge is -2.25. The van der Waals surface area contributed by atoms with Crippen LogP contribution in [-0.2, 0) is 20.0 Å². The minimum atomic E-state index is 0.303. The van der Waals surface area contributed by atoms with E-state index in [1.165, 1.54) is 11.1 Å². The fraction of sp³-hybridized carbons (Fsp3) is 0.333. The summed E-state index contributed by atoms with van der Waals surface area (Å²) in [5.41, 5.74) is 4.53. The van der Waals surface area contributed by atoms with Gasteiger partial charge in [0.25, 0.3) is 0 Å². The number of aryl methyl sites for hydroxylation is 2. The molecule has 122 valence electrons. The third-order valence-electron chi connectivity index (χ3n) is 4.41. The summed E-state index contributed by atoms with van der Waals surface area (Å²) in [6, 6.07) is 4.21. The third kappa shape index (κ3) is 3.05. The largest absolute Gasteiger partial charge is 0.306 e. The minimum Gasteiger partial charge on any atom is -0.306 e. The van der Waals surface area contributed by atoms with Crippen LogP contribution < -0.4 is 5.32 Å². The molecule has 0 fully saturated rings. The molecule has 0 bridgehead atoms. The highest BCUT2D eigenvalue weighted by molar-refractivity contribution is 5.53. The van der Waals surface area contributed by atoms with Crippen molar-refractivity contribution in [1.82, 2.24) is 30.0 Å². The van der Waals surface area contributed by atoms with E-state index in [-0.39, 0.29) is 0 Å². The number of nitrogens with one attached hydrogen (secondary N) is 1. The Kier molecular flexibility index (Phi) is 4.04. The maximum atomic E-state index is 4.79. The summed E-state index contributed by atoms with van der Waals surface area (Å²) in [4.78, 5) is 13.5. The molecule has 0 saturated carbocycles. The highest BCUT2D eigenvalue weighted by atomic mass is 15.2. The first-order chi connectivity index (χ1) is 11.8. The van der Waals surface area contributed by atoms with E-state index in [9.17, 15) is 0 Å². The zero-order valence-corrected chi connectivity index (χ0v) is 13.7. The molecule has 3 aromatic rings. The molecule has 1 N–H and O–H groups in total. The average Bonchev–Trinajstić information content (AvgIpc) is 3.05. The fourth-order valence-corrected chi connectivity index (χ4v) is 3.20. The summed E-state index contributed by atoms with van der Waals surface area (Å²) in [5.74, 6) is 0.759.